The van der Waals surface area contributed by atoms with Gasteiger partial charge in [0, 0.05) is 42.2 Å². The first kappa shape index (κ1) is 19.6. The molecule has 0 N–H and O–H groups in total. The van der Waals surface area contributed by atoms with Gasteiger partial charge in [-0.2, -0.15) is 0 Å². The molecule has 0 saturated carbocycles. The molecule has 2 saturated heterocycles. The van der Waals surface area contributed by atoms with Crippen LogP contribution >= 0.6 is 0 Å². The van der Waals surface area contributed by atoms with Crippen molar-refractivity contribution < 1.29 is 23.5 Å². The summed E-state index contributed by atoms with van der Waals surface area (Å²) in [6.07, 6.45) is 2.30. The van der Waals surface area contributed by atoms with Gasteiger partial charge in [0.25, 0.3) is 5.91 Å². The van der Waals surface area contributed by atoms with Gasteiger partial charge in [0.2, 0.25) is 0 Å². The number of carbonyl (C=O) groups excluding carboxylic acids is 2. The smallest absolute Gasteiger partial charge is 0.253 e. The summed E-state index contributed by atoms with van der Waals surface area (Å²) in [5, 5.41) is 0.673. The summed E-state index contributed by atoms with van der Waals surface area (Å²) in [7, 11) is 0. The Morgan fingerprint density at radius 2 is 2.03 bits per heavy atom. The van der Waals surface area contributed by atoms with Crippen molar-refractivity contribution in [2.24, 2.45) is 5.41 Å². The van der Waals surface area contributed by atoms with E-state index < -0.39 is 5.82 Å². The number of carbonyl (C=O) groups is 2. The lowest BCUT2D eigenvalue weighted by Gasteiger charge is -2.54. The van der Waals surface area contributed by atoms with Crippen LogP contribution in [-0.4, -0.2) is 48.4 Å². The molecule has 7 heteroatoms. The Kier molecular flexibility index (Phi) is 4.70. The number of hydrogen-bond acceptors (Lipinski definition) is 5. The fraction of sp³-hybridized carbons (Fsp3) is 0.292. The Balaban J connectivity index is 1.44. The van der Waals surface area contributed by atoms with Gasteiger partial charge in [0.15, 0.2) is 0 Å². The summed E-state index contributed by atoms with van der Waals surface area (Å²) in [6.45, 7) is 4.48. The fourth-order valence-electron chi connectivity index (χ4n) is 4.21. The van der Waals surface area contributed by atoms with Crippen molar-refractivity contribution >= 4 is 23.1 Å². The molecule has 1 spiro atoms. The number of aldehydes is 1. The van der Waals surface area contributed by atoms with Crippen LogP contribution in [0.1, 0.15) is 21.5 Å². The van der Waals surface area contributed by atoms with Crippen molar-refractivity contribution in [3.63, 3.8) is 0 Å². The Morgan fingerprint density at radius 1 is 1.23 bits per heavy atom. The predicted octanol–water partition coefficient (Wildman–Crippen LogP) is 3.69. The topological polar surface area (TPSA) is 68.7 Å². The van der Waals surface area contributed by atoms with Gasteiger partial charge >= 0.3 is 0 Å². The normalized spacial score (nSPS) is 16.6. The summed E-state index contributed by atoms with van der Waals surface area (Å²) in [6, 6.07) is 10.2. The summed E-state index contributed by atoms with van der Waals surface area (Å²) >= 11 is 0. The van der Waals surface area contributed by atoms with Crippen LogP contribution in [0.15, 0.2) is 42.6 Å². The monoisotopic (exact) mass is 420 g/mol. The highest BCUT2D eigenvalue weighted by atomic mass is 19.1. The molecule has 3 heterocycles. The van der Waals surface area contributed by atoms with Crippen molar-refractivity contribution in [2.75, 3.05) is 26.3 Å². The number of benzene rings is 2. The molecule has 1 aromatic heterocycles. The van der Waals surface area contributed by atoms with Gasteiger partial charge < -0.3 is 19.2 Å². The fourth-order valence-corrected chi connectivity index (χ4v) is 4.21. The number of likely N-dealkylation sites (tertiary alicyclic amines) is 1. The lowest BCUT2D eigenvalue weighted by atomic mass is 9.78. The SMILES string of the molecule is Cc1c(Oc2ccnc3ccc(C(=O)N4CC5(COC5)C4)cc23)ccc(CC=O)c1F. The van der Waals surface area contributed by atoms with Gasteiger partial charge in [-0.25, -0.2) is 4.39 Å². The van der Waals surface area contributed by atoms with Crippen molar-refractivity contribution in [3.05, 3.63) is 65.1 Å². The second-order valence-electron chi connectivity index (χ2n) is 8.33. The molecule has 0 aliphatic carbocycles. The van der Waals surface area contributed by atoms with Crippen LogP contribution in [0.2, 0.25) is 0 Å². The van der Waals surface area contributed by atoms with Crippen LogP contribution in [0.3, 0.4) is 0 Å². The number of fused-ring (bicyclic) bond motifs is 1. The zero-order valence-electron chi connectivity index (χ0n) is 17.1. The molecule has 1 amide bonds. The van der Waals surface area contributed by atoms with Gasteiger partial charge in [-0.05, 0) is 42.8 Å². The van der Waals surface area contributed by atoms with Crippen LogP contribution in [0, 0.1) is 18.2 Å². The Labute approximate surface area is 178 Å². The second kappa shape index (κ2) is 7.42. The lowest BCUT2D eigenvalue weighted by molar-refractivity contribution is -0.176. The van der Waals surface area contributed by atoms with Crippen molar-refractivity contribution in [2.45, 2.75) is 13.3 Å². The van der Waals surface area contributed by atoms with E-state index in [-0.39, 0.29) is 17.7 Å². The third kappa shape index (κ3) is 3.35. The number of ether oxygens (including phenoxy) is 2. The van der Waals surface area contributed by atoms with Crippen molar-refractivity contribution in [3.8, 4) is 11.5 Å². The highest BCUT2D eigenvalue weighted by Gasteiger charge is 2.50. The molecule has 0 bridgehead atoms. The quantitative estimate of drug-likeness (QED) is 0.589. The zero-order chi connectivity index (χ0) is 21.6. The summed E-state index contributed by atoms with van der Waals surface area (Å²) in [5.74, 6) is 0.351. The largest absolute Gasteiger partial charge is 0.456 e. The van der Waals surface area contributed by atoms with E-state index in [1.54, 1.807) is 49.5 Å². The number of halogens is 1. The number of pyridine rings is 1. The maximum Gasteiger partial charge on any atom is 0.253 e. The minimum Gasteiger partial charge on any atom is -0.456 e. The van der Waals surface area contributed by atoms with Gasteiger partial charge in [0.05, 0.1) is 24.1 Å². The average molecular weight is 420 g/mol. The van der Waals surface area contributed by atoms with Crippen LogP contribution in [0.5, 0.6) is 11.5 Å². The van der Waals surface area contributed by atoms with E-state index in [2.05, 4.69) is 4.98 Å². The van der Waals surface area contributed by atoms with E-state index >= 15 is 0 Å². The third-order valence-electron chi connectivity index (χ3n) is 6.04. The standard InChI is InChI=1S/C24H21FN2O4/c1-15-20(5-3-16(7-9-28)22(15)25)31-21-6-8-26-19-4-2-17(10-18(19)21)23(29)27-11-24(12-27)13-30-14-24/h2-6,8-10H,7,11-14H2,1H3. The minimum atomic E-state index is -0.453. The van der Waals surface area contributed by atoms with Crippen LogP contribution in [-0.2, 0) is 16.0 Å². The highest BCUT2D eigenvalue weighted by Crippen LogP contribution is 2.39. The summed E-state index contributed by atoms with van der Waals surface area (Å²) in [5.41, 5.74) is 2.04. The number of rotatable bonds is 5. The van der Waals surface area contributed by atoms with E-state index in [4.69, 9.17) is 9.47 Å². The first-order valence-electron chi connectivity index (χ1n) is 10.1. The molecule has 2 aliphatic rings. The number of aromatic nitrogens is 1. The first-order chi connectivity index (χ1) is 15.0. The zero-order valence-corrected chi connectivity index (χ0v) is 17.1. The average Bonchev–Trinajstić information content (AvgIpc) is 2.71. The summed E-state index contributed by atoms with van der Waals surface area (Å²) < 4.78 is 25.9. The van der Waals surface area contributed by atoms with E-state index in [9.17, 15) is 14.0 Å². The van der Waals surface area contributed by atoms with E-state index in [0.29, 0.717) is 58.5 Å². The van der Waals surface area contributed by atoms with Crippen LogP contribution < -0.4 is 4.74 Å². The molecule has 3 aromatic rings. The molecule has 2 fully saturated rings. The number of nitrogens with zero attached hydrogens (tertiary/aromatic N) is 2. The molecular formula is C24H21FN2O4. The molecule has 158 valence electrons. The van der Waals surface area contributed by atoms with Crippen LogP contribution in [0.4, 0.5) is 4.39 Å². The molecule has 2 aliphatic heterocycles. The molecule has 5 rings (SSSR count). The van der Waals surface area contributed by atoms with Gasteiger partial charge in [-0.15, -0.1) is 0 Å². The number of hydrogen-bond donors (Lipinski definition) is 0. The van der Waals surface area contributed by atoms with E-state index in [1.165, 1.54) is 0 Å². The van der Waals surface area contributed by atoms with Gasteiger partial charge in [-0.1, -0.05) is 6.07 Å². The molecule has 6 nitrogen and oxygen atoms in total. The second-order valence-corrected chi connectivity index (χ2v) is 8.33. The molecule has 0 unspecified atom stereocenters. The van der Waals surface area contributed by atoms with Crippen molar-refractivity contribution in [1.29, 1.82) is 0 Å². The highest BCUT2D eigenvalue weighted by molar-refractivity contribution is 5.99. The van der Waals surface area contributed by atoms with E-state index in [0.717, 1.165) is 13.2 Å². The Morgan fingerprint density at radius 3 is 2.74 bits per heavy atom. The molecular weight excluding hydrogens is 399 g/mol. The Hall–Kier alpha value is -3.32. The number of amides is 1. The van der Waals surface area contributed by atoms with E-state index in [1.807, 2.05) is 4.90 Å². The minimum absolute atomic E-state index is 0.0144. The van der Waals surface area contributed by atoms with Gasteiger partial charge in [-0.3, -0.25) is 9.78 Å². The van der Waals surface area contributed by atoms with Crippen LogP contribution in [0.25, 0.3) is 10.9 Å². The van der Waals surface area contributed by atoms with Crippen molar-refractivity contribution in [1.82, 2.24) is 9.88 Å². The maximum atomic E-state index is 14.6. The Bertz CT molecular complexity index is 1200. The lowest BCUT2D eigenvalue weighted by Crippen LogP contribution is -2.67. The molecule has 0 radical (unpaired) electrons. The third-order valence-corrected chi connectivity index (χ3v) is 6.04. The summed E-state index contributed by atoms with van der Waals surface area (Å²) in [4.78, 5) is 29.8. The predicted molar refractivity (Wildman–Crippen MR) is 112 cm³/mol. The van der Waals surface area contributed by atoms with Gasteiger partial charge in [0.1, 0.15) is 23.6 Å². The molecule has 2 aromatic carbocycles. The first-order valence-corrected chi connectivity index (χ1v) is 10.1. The molecule has 0 atom stereocenters. The maximum absolute atomic E-state index is 14.6. The molecule has 31 heavy (non-hydrogen) atoms.